The van der Waals surface area contributed by atoms with Gasteiger partial charge < -0.3 is 14.6 Å². The molecule has 1 saturated heterocycles. The highest BCUT2D eigenvalue weighted by Crippen LogP contribution is 2.21. The Hall–Kier alpha value is -0.980. The van der Waals surface area contributed by atoms with Crippen LogP contribution in [0.4, 0.5) is 0 Å². The molecule has 1 aliphatic rings. The van der Waals surface area contributed by atoms with Gasteiger partial charge in [0.05, 0.1) is 31.7 Å². The lowest BCUT2D eigenvalue weighted by atomic mass is 10.2. The number of ether oxygens (including phenoxy) is 2. The van der Waals surface area contributed by atoms with E-state index in [1.54, 1.807) is 18.0 Å². The topological polar surface area (TPSA) is 69.4 Å². The fourth-order valence-corrected chi connectivity index (χ4v) is 1.38. The number of aromatic nitrogens is 3. The first-order valence-electron chi connectivity index (χ1n) is 4.47. The number of aliphatic hydroxyl groups is 1. The molecule has 0 bridgehead atoms. The summed E-state index contributed by atoms with van der Waals surface area (Å²) in [5.41, 5.74) is 0.681. The SMILES string of the molecule is COCC(O)c1cnnn1C1COC1. The Kier molecular flexibility index (Phi) is 2.76. The van der Waals surface area contributed by atoms with Crippen LogP contribution in [0.25, 0.3) is 0 Å². The summed E-state index contributed by atoms with van der Waals surface area (Å²) in [5, 5.41) is 17.4. The first kappa shape index (κ1) is 9.57. The summed E-state index contributed by atoms with van der Waals surface area (Å²) in [6.45, 7) is 1.52. The van der Waals surface area contributed by atoms with E-state index >= 15 is 0 Å². The van der Waals surface area contributed by atoms with Crippen LogP contribution in [0, 0.1) is 0 Å². The zero-order valence-electron chi connectivity index (χ0n) is 7.96. The van der Waals surface area contributed by atoms with E-state index in [9.17, 15) is 5.11 Å². The number of aliphatic hydroxyl groups excluding tert-OH is 1. The van der Waals surface area contributed by atoms with Crippen molar-refractivity contribution in [3.63, 3.8) is 0 Å². The minimum atomic E-state index is -0.671. The third kappa shape index (κ3) is 1.63. The Bertz CT molecular complexity index is 298. The zero-order valence-corrected chi connectivity index (χ0v) is 7.96. The minimum absolute atomic E-state index is 0.207. The van der Waals surface area contributed by atoms with Crippen LogP contribution in [0.1, 0.15) is 17.8 Å². The van der Waals surface area contributed by atoms with Gasteiger partial charge >= 0.3 is 0 Å². The maximum atomic E-state index is 9.69. The lowest BCUT2D eigenvalue weighted by Crippen LogP contribution is -2.33. The van der Waals surface area contributed by atoms with Crippen molar-refractivity contribution in [2.75, 3.05) is 26.9 Å². The molecule has 2 heterocycles. The van der Waals surface area contributed by atoms with Gasteiger partial charge in [-0.05, 0) is 0 Å². The number of nitrogens with zero attached hydrogens (tertiary/aromatic N) is 3. The van der Waals surface area contributed by atoms with Crippen LogP contribution in [0.5, 0.6) is 0 Å². The Labute approximate surface area is 81.4 Å². The van der Waals surface area contributed by atoms with Crippen molar-refractivity contribution in [1.29, 1.82) is 0 Å². The summed E-state index contributed by atoms with van der Waals surface area (Å²) in [6.07, 6.45) is 0.887. The van der Waals surface area contributed by atoms with Crippen molar-refractivity contribution >= 4 is 0 Å². The standard InChI is InChI=1S/C8H13N3O3/c1-13-5-8(12)7-2-9-10-11(7)6-3-14-4-6/h2,6,8,12H,3-5H2,1H3. The van der Waals surface area contributed by atoms with Crippen LogP contribution in [-0.2, 0) is 9.47 Å². The monoisotopic (exact) mass is 199 g/mol. The molecule has 0 spiro atoms. The largest absolute Gasteiger partial charge is 0.384 e. The predicted molar refractivity (Wildman–Crippen MR) is 46.7 cm³/mol. The fourth-order valence-electron chi connectivity index (χ4n) is 1.38. The van der Waals surface area contributed by atoms with Gasteiger partial charge in [0.1, 0.15) is 12.1 Å². The molecule has 0 aromatic carbocycles. The van der Waals surface area contributed by atoms with Crippen LogP contribution in [0.15, 0.2) is 6.20 Å². The molecule has 1 aliphatic heterocycles. The molecule has 1 N–H and O–H groups in total. The smallest absolute Gasteiger partial charge is 0.120 e. The van der Waals surface area contributed by atoms with E-state index in [1.165, 1.54) is 0 Å². The second-order valence-corrected chi connectivity index (χ2v) is 3.27. The summed E-state index contributed by atoms with van der Waals surface area (Å²) < 4.78 is 11.6. The van der Waals surface area contributed by atoms with Crippen LogP contribution in [-0.4, -0.2) is 47.0 Å². The second kappa shape index (κ2) is 4.04. The van der Waals surface area contributed by atoms with Crippen LogP contribution in [0.2, 0.25) is 0 Å². The maximum absolute atomic E-state index is 9.69. The van der Waals surface area contributed by atoms with E-state index in [1.807, 2.05) is 0 Å². The lowest BCUT2D eigenvalue weighted by Gasteiger charge is -2.27. The number of hydrogen-bond donors (Lipinski definition) is 1. The number of methoxy groups -OCH3 is 1. The first-order valence-corrected chi connectivity index (χ1v) is 4.47. The van der Waals surface area contributed by atoms with Gasteiger partial charge in [-0.15, -0.1) is 5.10 Å². The van der Waals surface area contributed by atoms with Gasteiger partial charge in [-0.25, -0.2) is 4.68 Å². The van der Waals surface area contributed by atoms with E-state index < -0.39 is 6.10 Å². The molecule has 14 heavy (non-hydrogen) atoms. The molecule has 78 valence electrons. The summed E-state index contributed by atoms with van der Waals surface area (Å²) in [6, 6.07) is 0.207. The minimum Gasteiger partial charge on any atom is -0.384 e. The van der Waals surface area contributed by atoms with Crippen LogP contribution in [0.3, 0.4) is 0 Å². The van der Waals surface area contributed by atoms with E-state index in [4.69, 9.17) is 9.47 Å². The van der Waals surface area contributed by atoms with Crippen molar-refractivity contribution in [3.8, 4) is 0 Å². The summed E-state index contributed by atoms with van der Waals surface area (Å²) in [4.78, 5) is 0. The Morgan fingerprint density at radius 2 is 2.57 bits per heavy atom. The summed E-state index contributed by atoms with van der Waals surface area (Å²) >= 11 is 0. The van der Waals surface area contributed by atoms with Gasteiger partial charge in [-0.2, -0.15) is 0 Å². The Balaban J connectivity index is 2.11. The second-order valence-electron chi connectivity index (χ2n) is 3.27. The zero-order chi connectivity index (χ0) is 9.97. The van der Waals surface area contributed by atoms with Gasteiger partial charge in [0, 0.05) is 7.11 Å². The molecule has 1 aromatic heterocycles. The fraction of sp³-hybridized carbons (Fsp3) is 0.750. The number of hydrogen-bond acceptors (Lipinski definition) is 5. The molecule has 6 heteroatoms. The van der Waals surface area contributed by atoms with Gasteiger partial charge in [-0.3, -0.25) is 0 Å². The third-order valence-corrected chi connectivity index (χ3v) is 2.23. The van der Waals surface area contributed by atoms with Crippen molar-refractivity contribution in [2.24, 2.45) is 0 Å². The van der Waals surface area contributed by atoms with Gasteiger partial charge in [0.25, 0.3) is 0 Å². The average molecular weight is 199 g/mol. The molecule has 0 radical (unpaired) electrons. The summed E-state index contributed by atoms with van der Waals surface area (Å²) in [5.74, 6) is 0. The van der Waals surface area contributed by atoms with Gasteiger partial charge in [-0.1, -0.05) is 5.21 Å². The van der Waals surface area contributed by atoms with E-state index in [-0.39, 0.29) is 12.6 Å². The highest BCUT2D eigenvalue weighted by molar-refractivity contribution is 5.01. The average Bonchev–Trinajstić information content (AvgIpc) is 2.50. The molecule has 0 aliphatic carbocycles. The Morgan fingerprint density at radius 3 is 3.14 bits per heavy atom. The highest BCUT2D eigenvalue weighted by atomic mass is 16.5. The molecule has 0 amide bonds. The maximum Gasteiger partial charge on any atom is 0.120 e. The molecule has 1 atom stereocenters. The van der Waals surface area contributed by atoms with Crippen LogP contribution < -0.4 is 0 Å². The van der Waals surface area contributed by atoms with Gasteiger partial charge in [0.2, 0.25) is 0 Å². The molecule has 1 unspecified atom stereocenters. The van der Waals surface area contributed by atoms with Crippen molar-refractivity contribution in [2.45, 2.75) is 12.1 Å². The molecule has 0 saturated carbocycles. The van der Waals surface area contributed by atoms with Crippen molar-refractivity contribution < 1.29 is 14.6 Å². The van der Waals surface area contributed by atoms with E-state index in [0.717, 1.165) is 0 Å². The quantitative estimate of drug-likeness (QED) is 0.710. The van der Waals surface area contributed by atoms with Crippen molar-refractivity contribution in [3.05, 3.63) is 11.9 Å². The van der Waals surface area contributed by atoms with Gasteiger partial charge in [0.15, 0.2) is 0 Å². The normalized spacial score (nSPS) is 19.3. The van der Waals surface area contributed by atoms with E-state index in [0.29, 0.717) is 18.9 Å². The van der Waals surface area contributed by atoms with Crippen molar-refractivity contribution in [1.82, 2.24) is 15.0 Å². The molecule has 2 rings (SSSR count). The highest BCUT2D eigenvalue weighted by Gasteiger charge is 2.26. The first-order chi connectivity index (χ1) is 6.83. The lowest BCUT2D eigenvalue weighted by molar-refractivity contribution is -0.0352. The molecule has 6 nitrogen and oxygen atoms in total. The third-order valence-electron chi connectivity index (χ3n) is 2.23. The Morgan fingerprint density at radius 1 is 1.79 bits per heavy atom. The summed E-state index contributed by atoms with van der Waals surface area (Å²) in [7, 11) is 1.55. The molecular weight excluding hydrogens is 186 g/mol. The van der Waals surface area contributed by atoms with Crippen LogP contribution >= 0.6 is 0 Å². The molecule has 1 fully saturated rings. The molecular formula is C8H13N3O3. The molecule has 1 aromatic rings. The van der Waals surface area contributed by atoms with E-state index in [2.05, 4.69) is 10.3 Å². The number of rotatable bonds is 4. The predicted octanol–water partition coefficient (Wildman–Crippen LogP) is -0.471.